The first-order chi connectivity index (χ1) is 9.79. The average Bonchev–Trinajstić information content (AvgIpc) is 2.91. The highest BCUT2D eigenvalue weighted by Crippen LogP contribution is 2.25. The van der Waals surface area contributed by atoms with Crippen LogP contribution in [-0.4, -0.2) is 16.2 Å². The Kier molecular flexibility index (Phi) is 3.54. The fourth-order valence-electron chi connectivity index (χ4n) is 2.58. The molecular formula is C17H18N2O. The lowest BCUT2D eigenvalue weighted by Gasteiger charge is -2.11. The van der Waals surface area contributed by atoms with Crippen LogP contribution in [0.4, 0.5) is 0 Å². The lowest BCUT2D eigenvalue weighted by atomic mass is 10.0. The maximum Gasteiger partial charge on any atom is 0.0918 e. The van der Waals surface area contributed by atoms with Gasteiger partial charge in [0.2, 0.25) is 0 Å². The molecule has 0 aliphatic rings. The summed E-state index contributed by atoms with van der Waals surface area (Å²) in [7, 11) is 0. The first kappa shape index (κ1) is 12.9. The number of hydrogen-bond donors (Lipinski definition) is 2. The third-order valence-electron chi connectivity index (χ3n) is 3.63. The van der Waals surface area contributed by atoms with Gasteiger partial charge in [-0.3, -0.25) is 0 Å². The number of fused-ring (bicyclic) bond motifs is 1. The maximum atomic E-state index is 9.99. The smallest absolute Gasteiger partial charge is 0.0918 e. The molecule has 102 valence electrons. The van der Waals surface area contributed by atoms with E-state index in [2.05, 4.69) is 29.0 Å². The molecule has 0 aliphatic carbocycles. The van der Waals surface area contributed by atoms with Crippen molar-refractivity contribution in [3.63, 3.8) is 0 Å². The zero-order valence-electron chi connectivity index (χ0n) is 11.2. The number of aromatic nitrogens is 1. The molecule has 3 nitrogen and oxygen atoms in total. The van der Waals surface area contributed by atoms with Gasteiger partial charge in [-0.15, -0.1) is 0 Å². The number of hydrogen-bond acceptors (Lipinski definition) is 2. The fourth-order valence-corrected chi connectivity index (χ4v) is 2.58. The predicted octanol–water partition coefficient (Wildman–Crippen LogP) is 2.68. The summed E-state index contributed by atoms with van der Waals surface area (Å²) >= 11 is 0. The summed E-state index contributed by atoms with van der Waals surface area (Å²) in [5, 5.41) is 11.1. The summed E-state index contributed by atoms with van der Waals surface area (Å²) < 4.78 is 2.19. The van der Waals surface area contributed by atoms with E-state index < -0.39 is 6.10 Å². The molecule has 3 rings (SSSR count). The van der Waals surface area contributed by atoms with Gasteiger partial charge in [0.25, 0.3) is 0 Å². The van der Waals surface area contributed by atoms with Crippen molar-refractivity contribution in [2.75, 3.05) is 6.54 Å². The van der Waals surface area contributed by atoms with E-state index in [1.165, 1.54) is 5.56 Å². The Labute approximate surface area is 118 Å². The zero-order chi connectivity index (χ0) is 13.9. The van der Waals surface area contributed by atoms with E-state index in [0.717, 1.165) is 23.0 Å². The van der Waals surface area contributed by atoms with Crippen LogP contribution in [0, 0.1) is 0 Å². The number of nitrogens with two attached hydrogens (primary N) is 1. The number of aliphatic hydroxyl groups is 1. The minimum absolute atomic E-state index is 0.239. The Morgan fingerprint density at radius 1 is 1.00 bits per heavy atom. The minimum Gasteiger partial charge on any atom is -0.387 e. The van der Waals surface area contributed by atoms with Gasteiger partial charge in [0.15, 0.2) is 0 Å². The quantitative estimate of drug-likeness (QED) is 0.763. The van der Waals surface area contributed by atoms with Crippen LogP contribution < -0.4 is 5.73 Å². The van der Waals surface area contributed by atoms with Gasteiger partial charge in [-0.25, -0.2) is 0 Å². The average molecular weight is 266 g/mol. The van der Waals surface area contributed by atoms with Gasteiger partial charge >= 0.3 is 0 Å². The van der Waals surface area contributed by atoms with E-state index in [0.29, 0.717) is 0 Å². The number of nitrogens with zero attached hydrogens (tertiary/aromatic N) is 1. The summed E-state index contributed by atoms with van der Waals surface area (Å²) in [5.41, 5.74) is 8.85. The summed E-state index contributed by atoms with van der Waals surface area (Å²) in [6, 6.07) is 18.4. The van der Waals surface area contributed by atoms with Crippen molar-refractivity contribution in [2.24, 2.45) is 5.73 Å². The largest absolute Gasteiger partial charge is 0.387 e. The maximum absolute atomic E-state index is 9.99. The van der Waals surface area contributed by atoms with Gasteiger partial charge in [0, 0.05) is 30.2 Å². The Hall–Kier alpha value is -2.10. The fraction of sp³-hybridized carbons (Fsp3) is 0.176. The minimum atomic E-state index is -0.605. The summed E-state index contributed by atoms with van der Waals surface area (Å²) in [6.07, 6.45) is 1.45. The summed E-state index contributed by atoms with van der Waals surface area (Å²) in [6.45, 7) is 1.06. The standard InChI is InChI=1S/C17H18N2O/c18-11-17(20)15-7-4-8-16-14(15)9-10-19(16)12-13-5-2-1-3-6-13/h1-10,17,20H,11-12,18H2. The second-order valence-electron chi connectivity index (χ2n) is 4.96. The second kappa shape index (κ2) is 5.49. The first-order valence-electron chi connectivity index (χ1n) is 6.79. The highest BCUT2D eigenvalue weighted by atomic mass is 16.3. The van der Waals surface area contributed by atoms with Crippen LogP contribution in [-0.2, 0) is 6.54 Å². The highest BCUT2D eigenvalue weighted by molar-refractivity contribution is 5.84. The van der Waals surface area contributed by atoms with Gasteiger partial charge in [-0.05, 0) is 23.3 Å². The van der Waals surface area contributed by atoms with E-state index >= 15 is 0 Å². The molecule has 20 heavy (non-hydrogen) atoms. The SMILES string of the molecule is NCC(O)c1cccc2c1ccn2Cc1ccccc1. The van der Waals surface area contributed by atoms with Crippen molar-refractivity contribution >= 4 is 10.9 Å². The van der Waals surface area contributed by atoms with E-state index in [1.807, 2.05) is 36.4 Å². The van der Waals surface area contributed by atoms with Crippen molar-refractivity contribution < 1.29 is 5.11 Å². The molecule has 1 atom stereocenters. The Morgan fingerprint density at radius 2 is 1.80 bits per heavy atom. The van der Waals surface area contributed by atoms with Crippen LogP contribution in [0.15, 0.2) is 60.8 Å². The summed E-state index contributed by atoms with van der Waals surface area (Å²) in [4.78, 5) is 0. The number of rotatable bonds is 4. The Bertz CT molecular complexity index is 703. The molecule has 0 fully saturated rings. The topological polar surface area (TPSA) is 51.2 Å². The molecule has 3 heteroatoms. The molecule has 0 amide bonds. The monoisotopic (exact) mass is 266 g/mol. The first-order valence-corrected chi connectivity index (χ1v) is 6.79. The third-order valence-corrected chi connectivity index (χ3v) is 3.63. The molecule has 0 radical (unpaired) electrons. The van der Waals surface area contributed by atoms with Crippen LogP contribution in [0.3, 0.4) is 0 Å². The highest BCUT2D eigenvalue weighted by Gasteiger charge is 2.11. The molecule has 3 N–H and O–H groups in total. The molecule has 1 aromatic heterocycles. The Morgan fingerprint density at radius 3 is 2.55 bits per heavy atom. The number of aliphatic hydroxyl groups excluding tert-OH is 1. The van der Waals surface area contributed by atoms with Gasteiger partial charge < -0.3 is 15.4 Å². The summed E-state index contributed by atoms with van der Waals surface area (Å²) in [5.74, 6) is 0. The molecule has 1 unspecified atom stereocenters. The van der Waals surface area contributed by atoms with Gasteiger partial charge in [0.05, 0.1) is 6.10 Å². The van der Waals surface area contributed by atoms with Crippen molar-refractivity contribution in [3.8, 4) is 0 Å². The second-order valence-corrected chi connectivity index (χ2v) is 4.96. The van der Waals surface area contributed by atoms with Gasteiger partial charge in [0.1, 0.15) is 0 Å². The molecule has 0 saturated heterocycles. The van der Waals surface area contributed by atoms with Crippen molar-refractivity contribution in [1.29, 1.82) is 0 Å². The molecule has 0 saturated carbocycles. The molecule has 0 aliphatic heterocycles. The van der Waals surface area contributed by atoms with E-state index in [-0.39, 0.29) is 6.54 Å². The molecular weight excluding hydrogens is 248 g/mol. The molecule has 1 heterocycles. The third kappa shape index (κ3) is 2.33. The van der Waals surface area contributed by atoms with E-state index in [4.69, 9.17) is 5.73 Å². The van der Waals surface area contributed by atoms with Gasteiger partial charge in [-0.2, -0.15) is 0 Å². The van der Waals surface area contributed by atoms with Crippen LogP contribution in [0.2, 0.25) is 0 Å². The molecule has 3 aromatic rings. The normalized spacial score (nSPS) is 12.7. The predicted molar refractivity (Wildman–Crippen MR) is 81.5 cm³/mol. The number of benzene rings is 2. The zero-order valence-corrected chi connectivity index (χ0v) is 11.2. The Balaban J connectivity index is 2.02. The van der Waals surface area contributed by atoms with Crippen LogP contribution in [0.5, 0.6) is 0 Å². The van der Waals surface area contributed by atoms with E-state index in [9.17, 15) is 5.11 Å². The lowest BCUT2D eigenvalue weighted by molar-refractivity contribution is 0.188. The van der Waals surface area contributed by atoms with Crippen LogP contribution >= 0.6 is 0 Å². The van der Waals surface area contributed by atoms with Gasteiger partial charge in [-0.1, -0.05) is 42.5 Å². The molecule has 0 spiro atoms. The molecule has 0 bridgehead atoms. The van der Waals surface area contributed by atoms with Crippen molar-refractivity contribution in [3.05, 3.63) is 71.9 Å². The van der Waals surface area contributed by atoms with E-state index in [1.54, 1.807) is 0 Å². The van der Waals surface area contributed by atoms with Crippen molar-refractivity contribution in [2.45, 2.75) is 12.6 Å². The molecule has 2 aromatic carbocycles. The van der Waals surface area contributed by atoms with Crippen LogP contribution in [0.1, 0.15) is 17.2 Å². The lowest BCUT2D eigenvalue weighted by Crippen LogP contribution is -2.11. The van der Waals surface area contributed by atoms with Crippen LogP contribution in [0.25, 0.3) is 10.9 Å². The van der Waals surface area contributed by atoms with Crippen molar-refractivity contribution in [1.82, 2.24) is 4.57 Å².